The number of phosphoric ester groups is 1. The average Bonchev–Trinajstić information content (AvgIpc) is 2.85. The Morgan fingerprint density at radius 1 is 0.821 bits per heavy atom. The maximum Gasteiger partial charge on any atom is 0.303 e. The summed E-state index contributed by atoms with van der Waals surface area (Å²) in [5.74, 6) is -0.846. The summed E-state index contributed by atoms with van der Waals surface area (Å²) >= 11 is 0. The second kappa shape index (κ2) is 25.0. The molecule has 0 aromatic rings. The zero-order valence-electron chi connectivity index (χ0n) is 25.3. The van der Waals surface area contributed by atoms with Crippen LogP contribution in [0.4, 0.5) is 0 Å². The third-order valence-corrected chi connectivity index (χ3v) is 7.14. The van der Waals surface area contributed by atoms with E-state index < -0.39 is 19.9 Å². The first-order valence-electron chi connectivity index (χ1n) is 15.0. The number of rotatable bonds is 29. The molecule has 0 aromatic carbocycles. The van der Waals surface area contributed by atoms with Crippen molar-refractivity contribution in [2.75, 3.05) is 60.7 Å². The first-order valence-corrected chi connectivity index (χ1v) is 16.5. The van der Waals surface area contributed by atoms with E-state index in [0.29, 0.717) is 37.1 Å². The average molecular weight is 580 g/mol. The maximum atomic E-state index is 12.1. The van der Waals surface area contributed by atoms with Crippen molar-refractivity contribution in [3.63, 3.8) is 0 Å². The van der Waals surface area contributed by atoms with Crippen LogP contribution in [0, 0.1) is 0 Å². The lowest BCUT2D eigenvalue weighted by Crippen LogP contribution is -2.37. The molecular weight excluding hydrogens is 521 g/mol. The van der Waals surface area contributed by atoms with Crippen molar-refractivity contribution in [2.45, 2.75) is 109 Å². The lowest BCUT2D eigenvalue weighted by molar-refractivity contribution is -0.870. The molecule has 0 heterocycles. The Morgan fingerprint density at radius 2 is 1.41 bits per heavy atom. The molecule has 0 fully saturated rings. The van der Waals surface area contributed by atoms with Gasteiger partial charge in [-0.3, -0.25) is 9.36 Å². The van der Waals surface area contributed by atoms with Crippen LogP contribution in [-0.2, 0) is 27.9 Å². The highest BCUT2D eigenvalue weighted by Crippen LogP contribution is 2.38. The van der Waals surface area contributed by atoms with Crippen molar-refractivity contribution in [3.05, 3.63) is 12.2 Å². The summed E-state index contributed by atoms with van der Waals surface area (Å²) in [6.07, 6.45) is 19.8. The van der Waals surface area contributed by atoms with E-state index in [1.165, 1.54) is 64.2 Å². The summed E-state index contributed by atoms with van der Waals surface area (Å²) in [5, 5.41) is 8.76. The number of aliphatic carboxylic acids is 1. The molecule has 2 unspecified atom stereocenters. The molecular formula is C29H58NO8P. The van der Waals surface area contributed by atoms with E-state index in [0.717, 1.165) is 12.8 Å². The molecule has 39 heavy (non-hydrogen) atoms. The summed E-state index contributed by atoms with van der Waals surface area (Å²) in [4.78, 5) is 22.8. The molecule has 0 saturated heterocycles. The van der Waals surface area contributed by atoms with Gasteiger partial charge in [-0.1, -0.05) is 64.0 Å². The van der Waals surface area contributed by atoms with Gasteiger partial charge >= 0.3 is 5.97 Å². The van der Waals surface area contributed by atoms with Crippen LogP contribution in [0.2, 0.25) is 0 Å². The predicted octanol–water partition coefficient (Wildman–Crippen LogP) is 6.11. The first kappa shape index (κ1) is 38.2. The number of ether oxygens (including phenoxy) is 2. The number of allylic oxidation sites excluding steroid dienone is 2. The molecule has 0 aliphatic rings. The Bertz CT molecular complexity index is 654. The van der Waals surface area contributed by atoms with Crippen molar-refractivity contribution >= 4 is 13.8 Å². The number of hydrogen-bond donors (Lipinski definition) is 1. The fourth-order valence-corrected chi connectivity index (χ4v) is 4.45. The highest BCUT2D eigenvalue weighted by molar-refractivity contribution is 7.45. The van der Waals surface area contributed by atoms with Crippen molar-refractivity contribution in [1.29, 1.82) is 0 Å². The zero-order valence-corrected chi connectivity index (χ0v) is 26.2. The van der Waals surface area contributed by atoms with Crippen LogP contribution in [0.1, 0.15) is 103 Å². The maximum absolute atomic E-state index is 12.1. The standard InChI is InChI=1S/C29H58NO8P/c1-5-6-7-8-9-10-11-12-13-14-15-16-17-19-23-35-26-28(36-24-20-18-21-29(31)32)27-38-39(33,34)37-25-22-30(2,3)4/h10-11,28H,5-9,12-27H2,1-4H3,(H-,31,32,33,34)/b11-10-. The largest absolute Gasteiger partial charge is 0.756 e. The minimum absolute atomic E-state index is 0.0390. The normalized spacial score (nSPS) is 14.6. The molecule has 1 N–H and O–H groups in total. The van der Waals surface area contributed by atoms with Crippen molar-refractivity contribution in [3.8, 4) is 0 Å². The molecule has 0 rings (SSSR count). The number of unbranched alkanes of at least 4 members (excludes halogenated alkanes) is 11. The van der Waals surface area contributed by atoms with Gasteiger partial charge in [-0.05, 0) is 44.9 Å². The second-order valence-electron chi connectivity index (χ2n) is 11.2. The molecule has 0 radical (unpaired) electrons. The Morgan fingerprint density at radius 3 is 2.03 bits per heavy atom. The van der Waals surface area contributed by atoms with Gasteiger partial charge in [0.05, 0.1) is 34.4 Å². The van der Waals surface area contributed by atoms with Crippen LogP contribution in [0.5, 0.6) is 0 Å². The summed E-state index contributed by atoms with van der Waals surface area (Å²) in [5.41, 5.74) is 0. The van der Waals surface area contributed by atoms with Crippen molar-refractivity contribution in [2.24, 2.45) is 0 Å². The van der Waals surface area contributed by atoms with Gasteiger partial charge in [-0.25, -0.2) is 0 Å². The van der Waals surface area contributed by atoms with Crippen LogP contribution in [0.15, 0.2) is 12.2 Å². The van der Waals surface area contributed by atoms with E-state index in [9.17, 15) is 14.3 Å². The second-order valence-corrected chi connectivity index (χ2v) is 12.7. The molecule has 0 saturated carbocycles. The number of hydrogen-bond acceptors (Lipinski definition) is 7. The third-order valence-electron chi connectivity index (χ3n) is 6.17. The van der Waals surface area contributed by atoms with Crippen LogP contribution in [0.25, 0.3) is 0 Å². The molecule has 0 amide bonds. The zero-order chi connectivity index (χ0) is 29.2. The van der Waals surface area contributed by atoms with Crippen molar-refractivity contribution < 1.29 is 42.4 Å². The molecule has 9 nitrogen and oxygen atoms in total. The lowest BCUT2D eigenvalue weighted by atomic mass is 10.1. The molecule has 0 spiro atoms. The molecule has 10 heteroatoms. The van der Waals surface area contributed by atoms with Gasteiger partial charge in [0.2, 0.25) is 0 Å². The third kappa shape index (κ3) is 30.0. The topological polar surface area (TPSA) is 114 Å². The summed E-state index contributed by atoms with van der Waals surface area (Å²) in [6, 6.07) is 0. The van der Waals surface area contributed by atoms with Gasteiger partial charge in [0.15, 0.2) is 0 Å². The Labute approximate surface area is 238 Å². The van der Waals surface area contributed by atoms with E-state index in [-0.39, 0.29) is 26.2 Å². The Hall–Kier alpha value is -0.800. The monoisotopic (exact) mass is 579 g/mol. The number of phosphoric acid groups is 1. The van der Waals surface area contributed by atoms with Crippen LogP contribution in [0.3, 0.4) is 0 Å². The Kier molecular flexibility index (Phi) is 24.4. The number of nitrogens with zero attached hydrogens (tertiary/aromatic N) is 1. The minimum Gasteiger partial charge on any atom is -0.756 e. The lowest BCUT2D eigenvalue weighted by Gasteiger charge is -2.28. The number of quaternary nitrogens is 1. The molecule has 0 aromatic heterocycles. The quantitative estimate of drug-likeness (QED) is 0.0489. The molecule has 232 valence electrons. The van der Waals surface area contributed by atoms with E-state index in [1.807, 2.05) is 21.1 Å². The summed E-state index contributed by atoms with van der Waals surface area (Å²) in [6.45, 7) is 3.71. The number of likely N-dealkylation sites (N-methyl/N-ethyl adjacent to an activating group) is 1. The van der Waals surface area contributed by atoms with E-state index >= 15 is 0 Å². The fourth-order valence-electron chi connectivity index (χ4n) is 3.72. The highest BCUT2D eigenvalue weighted by Gasteiger charge is 2.18. The smallest absolute Gasteiger partial charge is 0.303 e. The van der Waals surface area contributed by atoms with Crippen LogP contribution >= 0.6 is 7.82 Å². The van der Waals surface area contributed by atoms with E-state index in [2.05, 4.69) is 19.1 Å². The van der Waals surface area contributed by atoms with Gasteiger partial charge in [0.25, 0.3) is 7.82 Å². The SMILES string of the molecule is CCCCCC/C=C\CCCCCCCCOCC(COP(=O)([O-])OCC[N+](C)(C)C)OCCCCC(=O)O. The van der Waals surface area contributed by atoms with Gasteiger partial charge < -0.3 is 33.0 Å². The van der Waals surface area contributed by atoms with Gasteiger partial charge in [-0.2, -0.15) is 0 Å². The Balaban J connectivity index is 4.07. The van der Waals surface area contributed by atoms with Gasteiger partial charge in [0.1, 0.15) is 19.3 Å². The minimum atomic E-state index is -4.44. The van der Waals surface area contributed by atoms with E-state index in [4.69, 9.17) is 23.6 Å². The van der Waals surface area contributed by atoms with Gasteiger partial charge in [-0.15, -0.1) is 0 Å². The summed E-state index contributed by atoms with van der Waals surface area (Å²) < 4.78 is 34.2. The molecule has 0 bridgehead atoms. The predicted molar refractivity (Wildman–Crippen MR) is 155 cm³/mol. The highest BCUT2D eigenvalue weighted by atomic mass is 31.2. The number of carboxylic acid groups (broad SMARTS) is 1. The van der Waals surface area contributed by atoms with E-state index in [1.54, 1.807) is 0 Å². The molecule has 2 atom stereocenters. The van der Waals surface area contributed by atoms with Gasteiger partial charge in [0, 0.05) is 19.6 Å². The van der Waals surface area contributed by atoms with Crippen molar-refractivity contribution in [1.82, 2.24) is 0 Å². The molecule has 0 aliphatic carbocycles. The summed E-state index contributed by atoms with van der Waals surface area (Å²) in [7, 11) is 1.39. The fraction of sp³-hybridized carbons (Fsp3) is 0.897. The van der Waals surface area contributed by atoms with Crippen LogP contribution < -0.4 is 4.89 Å². The number of carboxylic acids is 1. The first-order chi connectivity index (χ1) is 18.6. The molecule has 0 aliphatic heterocycles. The number of carbonyl (C=O) groups is 1. The van der Waals surface area contributed by atoms with Crippen LogP contribution in [-0.4, -0.2) is 82.4 Å².